The number of fused-ring (bicyclic) bond motifs is 2. The number of rotatable bonds is 5. The lowest BCUT2D eigenvalue weighted by molar-refractivity contribution is 0.471. The van der Waals surface area contributed by atoms with Crippen molar-refractivity contribution in [3.05, 3.63) is 82.2 Å². The highest BCUT2D eigenvalue weighted by Crippen LogP contribution is 2.37. The third-order valence-electron chi connectivity index (χ3n) is 6.06. The van der Waals surface area contributed by atoms with Crippen LogP contribution in [0, 0.1) is 17.5 Å². The van der Waals surface area contributed by atoms with Gasteiger partial charge >= 0.3 is 0 Å². The highest BCUT2D eigenvalue weighted by atomic mass is 19.2. The fourth-order valence-electron chi connectivity index (χ4n) is 4.44. The van der Waals surface area contributed by atoms with Gasteiger partial charge in [0.1, 0.15) is 5.82 Å². The lowest BCUT2D eigenvalue weighted by atomic mass is 9.79. The van der Waals surface area contributed by atoms with E-state index >= 15 is 4.39 Å². The second-order valence-corrected chi connectivity index (χ2v) is 7.92. The molecule has 3 aromatic rings. The van der Waals surface area contributed by atoms with E-state index in [0.717, 1.165) is 30.2 Å². The molecule has 1 unspecified atom stereocenters. The molecule has 0 heterocycles. The van der Waals surface area contributed by atoms with Crippen molar-refractivity contribution in [3.8, 4) is 0 Å². The molecule has 0 amide bonds. The first-order chi connectivity index (χ1) is 13.6. The summed E-state index contributed by atoms with van der Waals surface area (Å²) in [7, 11) is 0. The molecule has 0 aliphatic heterocycles. The van der Waals surface area contributed by atoms with Crippen LogP contribution in [0.15, 0.2) is 42.5 Å². The molecule has 0 bridgehead atoms. The Bertz CT molecular complexity index is 1010. The molecule has 0 nitrogen and oxygen atoms in total. The minimum absolute atomic E-state index is 0.127. The fourth-order valence-corrected chi connectivity index (χ4v) is 4.44. The van der Waals surface area contributed by atoms with Crippen LogP contribution in [0.2, 0.25) is 0 Å². The lowest BCUT2D eigenvalue weighted by Crippen LogP contribution is -2.16. The van der Waals surface area contributed by atoms with Gasteiger partial charge in [0, 0.05) is 5.39 Å². The van der Waals surface area contributed by atoms with Crippen molar-refractivity contribution in [1.29, 1.82) is 0 Å². The summed E-state index contributed by atoms with van der Waals surface area (Å²) in [5.74, 6) is -1.95. The molecule has 1 aliphatic carbocycles. The van der Waals surface area contributed by atoms with Gasteiger partial charge in [-0.3, -0.25) is 0 Å². The zero-order valence-corrected chi connectivity index (χ0v) is 16.2. The molecule has 1 atom stereocenters. The molecule has 0 radical (unpaired) electrons. The fraction of sp³-hybridized carbons (Fsp3) is 0.360. The van der Waals surface area contributed by atoms with Gasteiger partial charge in [0.05, 0.1) is 0 Å². The Hall–Kier alpha value is -2.29. The molecule has 3 heteroatoms. The summed E-state index contributed by atoms with van der Waals surface area (Å²) >= 11 is 0. The molecular weight excluding hydrogens is 357 g/mol. The quantitative estimate of drug-likeness (QED) is 0.407. The number of aryl methyl sites for hydroxylation is 2. The second kappa shape index (κ2) is 7.98. The SMILES string of the molecule is CCCCCc1ccc2c(F)c(C3CCc4ccc(F)c(F)c4C3)ccc2c1. The van der Waals surface area contributed by atoms with Crippen molar-refractivity contribution in [3.63, 3.8) is 0 Å². The average Bonchev–Trinajstić information content (AvgIpc) is 2.71. The van der Waals surface area contributed by atoms with Gasteiger partial charge < -0.3 is 0 Å². The van der Waals surface area contributed by atoms with Gasteiger partial charge in [-0.25, -0.2) is 13.2 Å². The number of benzene rings is 3. The second-order valence-electron chi connectivity index (χ2n) is 7.92. The summed E-state index contributed by atoms with van der Waals surface area (Å²) in [6, 6.07) is 12.6. The van der Waals surface area contributed by atoms with Gasteiger partial charge in [0.25, 0.3) is 0 Å². The Kier molecular flexibility index (Phi) is 5.43. The Labute approximate surface area is 164 Å². The molecule has 0 N–H and O–H groups in total. The van der Waals surface area contributed by atoms with Crippen LogP contribution >= 0.6 is 0 Å². The zero-order chi connectivity index (χ0) is 19.7. The van der Waals surface area contributed by atoms with E-state index in [4.69, 9.17) is 0 Å². The van der Waals surface area contributed by atoms with Gasteiger partial charge in [-0.1, -0.05) is 56.2 Å². The Morgan fingerprint density at radius 1 is 0.929 bits per heavy atom. The monoisotopic (exact) mass is 382 g/mol. The van der Waals surface area contributed by atoms with E-state index in [0.29, 0.717) is 29.4 Å². The maximum atomic E-state index is 15.3. The van der Waals surface area contributed by atoms with Gasteiger partial charge in [-0.05, 0) is 71.7 Å². The third kappa shape index (κ3) is 3.55. The van der Waals surface area contributed by atoms with Crippen molar-refractivity contribution in [2.45, 2.75) is 57.8 Å². The predicted octanol–water partition coefficient (Wildman–Crippen LogP) is 7.26. The van der Waals surface area contributed by atoms with Crippen molar-refractivity contribution in [2.24, 2.45) is 0 Å². The van der Waals surface area contributed by atoms with E-state index in [1.807, 2.05) is 24.3 Å². The van der Waals surface area contributed by atoms with Gasteiger partial charge in [0.2, 0.25) is 0 Å². The molecule has 0 fully saturated rings. The zero-order valence-electron chi connectivity index (χ0n) is 16.2. The minimum atomic E-state index is -0.825. The third-order valence-corrected chi connectivity index (χ3v) is 6.06. The normalized spacial score (nSPS) is 16.4. The van der Waals surface area contributed by atoms with Crippen LogP contribution < -0.4 is 0 Å². The molecule has 0 spiro atoms. The first-order valence-electron chi connectivity index (χ1n) is 10.2. The molecule has 28 heavy (non-hydrogen) atoms. The van der Waals surface area contributed by atoms with Gasteiger partial charge in [-0.15, -0.1) is 0 Å². The van der Waals surface area contributed by atoms with E-state index in [2.05, 4.69) is 13.0 Å². The number of halogens is 3. The van der Waals surface area contributed by atoms with Crippen LogP contribution in [0.25, 0.3) is 10.8 Å². The summed E-state index contributed by atoms with van der Waals surface area (Å²) in [6.45, 7) is 2.18. The van der Waals surface area contributed by atoms with Crippen molar-refractivity contribution in [1.82, 2.24) is 0 Å². The van der Waals surface area contributed by atoms with Crippen LogP contribution in [0.1, 0.15) is 60.8 Å². The molecule has 0 aromatic heterocycles. The van der Waals surface area contributed by atoms with E-state index in [1.54, 1.807) is 6.07 Å². The number of hydrogen-bond donors (Lipinski definition) is 0. The molecule has 1 aliphatic rings. The minimum Gasteiger partial charge on any atom is -0.206 e. The standard InChI is InChI=1S/C25H25F3/c1-2-3-4-5-16-6-11-20-18(14-16)9-12-21(24(20)27)19-8-7-17-10-13-23(26)25(28)22(17)15-19/h6,9-14,19H,2-5,7-8,15H2,1H3. The predicted molar refractivity (Wildman–Crippen MR) is 108 cm³/mol. The van der Waals surface area contributed by atoms with Gasteiger partial charge in [0.15, 0.2) is 11.6 Å². The van der Waals surface area contributed by atoms with Crippen molar-refractivity contribution < 1.29 is 13.2 Å². The van der Waals surface area contributed by atoms with E-state index in [1.165, 1.54) is 24.5 Å². The van der Waals surface area contributed by atoms with Crippen molar-refractivity contribution in [2.75, 3.05) is 0 Å². The van der Waals surface area contributed by atoms with Crippen LogP contribution in [0.5, 0.6) is 0 Å². The maximum absolute atomic E-state index is 15.3. The largest absolute Gasteiger partial charge is 0.206 e. The summed E-state index contributed by atoms with van der Waals surface area (Å²) < 4.78 is 43.1. The van der Waals surface area contributed by atoms with Gasteiger partial charge in [-0.2, -0.15) is 0 Å². The molecule has 4 rings (SSSR count). The molecule has 0 saturated carbocycles. The molecule has 3 aromatic carbocycles. The molecule has 0 saturated heterocycles. The van der Waals surface area contributed by atoms with E-state index in [9.17, 15) is 8.78 Å². The Balaban J connectivity index is 1.63. The Morgan fingerprint density at radius 3 is 2.61 bits per heavy atom. The van der Waals surface area contributed by atoms with Crippen LogP contribution in [0.4, 0.5) is 13.2 Å². The number of unbranched alkanes of at least 4 members (excludes halogenated alkanes) is 2. The van der Waals surface area contributed by atoms with Crippen molar-refractivity contribution >= 4 is 10.8 Å². The maximum Gasteiger partial charge on any atom is 0.162 e. The summed E-state index contributed by atoms with van der Waals surface area (Å²) in [6.07, 6.45) is 6.27. The lowest BCUT2D eigenvalue weighted by Gasteiger charge is -2.26. The Morgan fingerprint density at radius 2 is 1.79 bits per heavy atom. The smallest absolute Gasteiger partial charge is 0.162 e. The molecule has 146 valence electrons. The van der Waals surface area contributed by atoms with Crippen LogP contribution in [-0.4, -0.2) is 0 Å². The van der Waals surface area contributed by atoms with E-state index in [-0.39, 0.29) is 11.7 Å². The summed E-state index contributed by atoms with van der Waals surface area (Å²) in [5.41, 5.74) is 3.09. The first kappa shape index (κ1) is 19.0. The highest BCUT2D eigenvalue weighted by Gasteiger charge is 2.26. The average molecular weight is 382 g/mol. The molecular formula is C25H25F3. The summed E-state index contributed by atoms with van der Waals surface area (Å²) in [5, 5.41) is 1.52. The topological polar surface area (TPSA) is 0 Å². The van der Waals surface area contributed by atoms with E-state index < -0.39 is 11.6 Å². The van der Waals surface area contributed by atoms with Crippen LogP contribution in [-0.2, 0) is 19.3 Å². The first-order valence-corrected chi connectivity index (χ1v) is 10.2. The summed E-state index contributed by atoms with van der Waals surface area (Å²) in [4.78, 5) is 0. The van der Waals surface area contributed by atoms with Crippen LogP contribution in [0.3, 0.4) is 0 Å². The highest BCUT2D eigenvalue weighted by molar-refractivity contribution is 5.84. The number of hydrogen-bond acceptors (Lipinski definition) is 0.